The monoisotopic (exact) mass is 464 g/mol. The number of thiophene rings is 1. The Morgan fingerprint density at radius 2 is 1.91 bits per heavy atom. The van der Waals surface area contributed by atoms with Gasteiger partial charge >= 0.3 is 0 Å². The first-order valence-corrected chi connectivity index (χ1v) is 11.8. The lowest BCUT2D eigenvalue weighted by atomic mass is 10.0. The average molecular weight is 465 g/mol. The number of benzene rings is 1. The van der Waals surface area contributed by atoms with Gasteiger partial charge < -0.3 is 14.6 Å². The van der Waals surface area contributed by atoms with Crippen LogP contribution in [0, 0.1) is 6.92 Å². The second kappa shape index (κ2) is 9.72. The second-order valence-electron chi connectivity index (χ2n) is 8.24. The first kappa shape index (κ1) is 22.9. The van der Waals surface area contributed by atoms with Crippen molar-refractivity contribution in [2.45, 2.75) is 26.3 Å². The summed E-state index contributed by atoms with van der Waals surface area (Å²) in [6.07, 6.45) is 4.95. The van der Waals surface area contributed by atoms with E-state index in [0.29, 0.717) is 19.5 Å². The molecule has 0 radical (unpaired) electrons. The van der Waals surface area contributed by atoms with Crippen LogP contribution in [0.3, 0.4) is 0 Å². The number of hydrogen-bond donors (Lipinski definition) is 1. The molecular formula is C25H28N4O3S. The van der Waals surface area contributed by atoms with Gasteiger partial charge in [0.05, 0.1) is 17.1 Å². The molecular weight excluding hydrogens is 436 g/mol. The zero-order valence-corrected chi connectivity index (χ0v) is 19.9. The van der Waals surface area contributed by atoms with Crippen molar-refractivity contribution in [3.05, 3.63) is 75.3 Å². The van der Waals surface area contributed by atoms with Gasteiger partial charge in [-0.15, -0.1) is 11.3 Å². The fraction of sp³-hybridized carbons (Fsp3) is 0.320. The minimum Gasteiger partial charge on any atom is -0.396 e. The summed E-state index contributed by atoms with van der Waals surface area (Å²) in [6, 6.07) is 11.5. The zero-order valence-electron chi connectivity index (χ0n) is 19.1. The van der Waals surface area contributed by atoms with E-state index in [0.717, 1.165) is 43.8 Å². The number of fused-ring (bicyclic) bond motifs is 1. The molecule has 0 saturated heterocycles. The summed E-state index contributed by atoms with van der Waals surface area (Å²) >= 11 is 1.51. The molecule has 0 aliphatic rings. The van der Waals surface area contributed by atoms with Crippen LogP contribution in [0.25, 0.3) is 21.2 Å². The lowest BCUT2D eigenvalue weighted by molar-refractivity contribution is 0.0737. The third kappa shape index (κ3) is 4.77. The highest BCUT2D eigenvalue weighted by molar-refractivity contribution is 7.21. The molecule has 0 fully saturated rings. The molecule has 172 valence electrons. The maximum atomic E-state index is 13.6. The molecule has 0 spiro atoms. The van der Waals surface area contributed by atoms with Crippen molar-refractivity contribution in [2.75, 3.05) is 13.2 Å². The lowest BCUT2D eigenvalue weighted by Gasteiger charge is -2.22. The van der Waals surface area contributed by atoms with Crippen molar-refractivity contribution in [1.29, 1.82) is 0 Å². The zero-order chi connectivity index (χ0) is 23.5. The third-order valence-corrected chi connectivity index (χ3v) is 7.21. The van der Waals surface area contributed by atoms with Gasteiger partial charge in [-0.25, -0.2) is 0 Å². The molecule has 3 aromatic heterocycles. The van der Waals surface area contributed by atoms with E-state index in [1.54, 1.807) is 28.6 Å². The van der Waals surface area contributed by atoms with E-state index in [9.17, 15) is 14.7 Å². The summed E-state index contributed by atoms with van der Waals surface area (Å²) in [7, 11) is 3.61. The van der Waals surface area contributed by atoms with Gasteiger partial charge in [0.1, 0.15) is 0 Å². The highest BCUT2D eigenvalue weighted by Gasteiger charge is 2.22. The SMILES string of the molecule is Cc1c(C(=O)N(CCCCO)Cc2ccnn2C)sc2ccc(-c3ccc(=O)n(C)c3)cc12. The Morgan fingerprint density at radius 1 is 1.12 bits per heavy atom. The van der Waals surface area contributed by atoms with E-state index in [1.165, 1.54) is 11.3 Å². The molecule has 0 aliphatic carbocycles. The first-order chi connectivity index (χ1) is 15.9. The summed E-state index contributed by atoms with van der Waals surface area (Å²) < 4.78 is 4.40. The van der Waals surface area contributed by atoms with Crippen molar-refractivity contribution in [3.8, 4) is 11.1 Å². The summed E-state index contributed by atoms with van der Waals surface area (Å²) in [5, 5.41) is 14.5. The van der Waals surface area contributed by atoms with Crippen molar-refractivity contribution in [3.63, 3.8) is 0 Å². The summed E-state index contributed by atoms with van der Waals surface area (Å²) in [6.45, 7) is 3.15. The second-order valence-corrected chi connectivity index (χ2v) is 9.29. The minimum absolute atomic E-state index is 0.00324. The van der Waals surface area contributed by atoms with Crippen LogP contribution in [0.2, 0.25) is 0 Å². The minimum atomic E-state index is -0.0471. The standard InChI is InChI=1S/C25H28N4O3S/c1-17-21-14-18(19-7-9-23(31)27(2)15-19)6-8-22(21)33-24(17)25(32)29(12-4-5-13-30)16-20-10-11-26-28(20)3/h6-11,14-15,30H,4-5,12-13,16H2,1-3H3. The van der Waals surface area contributed by atoms with Gasteiger partial charge in [-0.2, -0.15) is 5.10 Å². The van der Waals surface area contributed by atoms with E-state index < -0.39 is 0 Å². The Labute approximate surface area is 196 Å². The van der Waals surface area contributed by atoms with Crippen LogP contribution in [-0.2, 0) is 20.6 Å². The van der Waals surface area contributed by atoms with E-state index in [1.807, 2.05) is 49.3 Å². The molecule has 1 amide bonds. The number of nitrogens with zero attached hydrogens (tertiary/aromatic N) is 4. The van der Waals surface area contributed by atoms with Crippen LogP contribution >= 0.6 is 11.3 Å². The Balaban J connectivity index is 1.68. The average Bonchev–Trinajstić information content (AvgIpc) is 3.37. The number of pyridine rings is 1. The van der Waals surface area contributed by atoms with E-state index in [4.69, 9.17) is 0 Å². The molecule has 0 bridgehead atoms. The van der Waals surface area contributed by atoms with Crippen LogP contribution < -0.4 is 5.56 Å². The molecule has 7 nitrogen and oxygen atoms in total. The molecule has 4 aromatic rings. The molecule has 4 rings (SSSR count). The van der Waals surface area contributed by atoms with Gasteiger partial charge in [-0.05, 0) is 66.1 Å². The number of carbonyl (C=O) groups is 1. The largest absolute Gasteiger partial charge is 0.396 e. The van der Waals surface area contributed by atoms with Crippen LogP contribution in [0.15, 0.2) is 53.6 Å². The number of aliphatic hydroxyl groups excluding tert-OH is 1. The van der Waals surface area contributed by atoms with Crippen molar-refractivity contribution in [1.82, 2.24) is 19.2 Å². The summed E-state index contributed by atoms with van der Waals surface area (Å²) in [5.41, 5.74) is 3.84. The smallest absolute Gasteiger partial charge is 0.264 e. The molecule has 0 aliphatic heterocycles. The van der Waals surface area contributed by atoms with Crippen LogP contribution in [-0.4, -0.2) is 43.4 Å². The molecule has 0 atom stereocenters. The van der Waals surface area contributed by atoms with Gasteiger partial charge in [0, 0.05) is 50.4 Å². The normalized spacial score (nSPS) is 11.3. The van der Waals surface area contributed by atoms with E-state index in [2.05, 4.69) is 11.2 Å². The molecule has 33 heavy (non-hydrogen) atoms. The molecule has 8 heteroatoms. The number of aliphatic hydroxyl groups is 1. The van der Waals surface area contributed by atoms with Gasteiger partial charge in [0.2, 0.25) is 5.56 Å². The highest BCUT2D eigenvalue weighted by Crippen LogP contribution is 2.35. The van der Waals surface area contributed by atoms with E-state index >= 15 is 0 Å². The number of hydrogen-bond acceptors (Lipinski definition) is 5. The third-order valence-electron chi connectivity index (χ3n) is 5.95. The van der Waals surface area contributed by atoms with Crippen LogP contribution in [0.4, 0.5) is 0 Å². The van der Waals surface area contributed by atoms with Gasteiger partial charge in [0.25, 0.3) is 5.91 Å². The number of unbranched alkanes of at least 4 members (excludes halogenated alkanes) is 1. The Hall–Kier alpha value is -3.23. The fourth-order valence-corrected chi connectivity index (χ4v) is 5.09. The predicted octanol–water partition coefficient (Wildman–Crippen LogP) is 3.72. The molecule has 0 unspecified atom stereocenters. The molecule has 1 N–H and O–H groups in total. The van der Waals surface area contributed by atoms with Crippen molar-refractivity contribution in [2.24, 2.45) is 14.1 Å². The van der Waals surface area contributed by atoms with Gasteiger partial charge in [0.15, 0.2) is 0 Å². The van der Waals surface area contributed by atoms with E-state index in [-0.39, 0.29) is 18.1 Å². The topological polar surface area (TPSA) is 80.4 Å². The summed E-state index contributed by atoms with van der Waals surface area (Å²) in [4.78, 5) is 27.9. The van der Waals surface area contributed by atoms with Gasteiger partial charge in [-0.1, -0.05) is 6.07 Å². The fourth-order valence-electron chi connectivity index (χ4n) is 3.93. The number of amides is 1. The number of rotatable bonds is 8. The lowest BCUT2D eigenvalue weighted by Crippen LogP contribution is -2.32. The number of carbonyl (C=O) groups excluding carboxylic acids is 1. The Kier molecular flexibility index (Phi) is 6.76. The quantitative estimate of drug-likeness (QED) is 0.403. The molecule has 3 heterocycles. The predicted molar refractivity (Wildman–Crippen MR) is 132 cm³/mol. The highest BCUT2D eigenvalue weighted by atomic mass is 32.1. The molecule has 1 aromatic carbocycles. The Bertz CT molecular complexity index is 1350. The number of aromatic nitrogens is 3. The maximum absolute atomic E-state index is 13.6. The van der Waals surface area contributed by atoms with Gasteiger partial charge in [-0.3, -0.25) is 14.3 Å². The maximum Gasteiger partial charge on any atom is 0.264 e. The van der Waals surface area contributed by atoms with Crippen LogP contribution in [0.1, 0.15) is 33.8 Å². The number of aryl methyl sites for hydroxylation is 3. The first-order valence-electron chi connectivity index (χ1n) is 11.0. The molecule has 0 saturated carbocycles. The summed E-state index contributed by atoms with van der Waals surface area (Å²) in [5.74, 6) is -0.00324. The van der Waals surface area contributed by atoms with Crippen LogP contribution in [0.5, 0.6) is 0 Å². The van der Waals surface area contributed by atoms with Crippen molar-refractivity contribution < 1.29 is 9.90 Å². The van der Waals surface area contributed by atoms with Crippen molar-refractivity contribution >= 4 is 27.3 Å². The Morgan fingerprint density at radius 3 is 2.61 bits per heavy atom.